The summed E-state index contributed by atoms with van der Waals surface area (Å²) in [6.45, 7) is 4.02. The monoisotopic (exact) mass is 671 g/mol. The van der Waals surface area contributed by atoms with Crippen molar-refractivity contribution in [1.82, 2.24) is 5.32 Å². The van der Waals surface area contributed by atoms with Gasteiger partial charge in [-0.2, -0.15) is 0 Å². The van der Waals surface area contributed by atoms with E-state index in [9.17, 15) is 4.79 Å². The molecule has 0 unspecified atom stereocenters. The molecule has 50 heavy (non-hydrogen) atoms. The van der Waals surface area contributed by atoms with E-state index in [1.165, 1.54) is 22.3 Å². The Morgan fingerprint density at radius 2 is 0.940 bits per heavy atom. The number of rotatable bonds is 19. The second kappa shape index (κ2) is 18.3. The Morgan fingerprint density at radius 1 is 0.520 bits per heavy atom. The molecule has 1 N–H and O–H groups in total. The van der Waals surface area contributed by atoms with E-state index in [-0.39, 0.29) is 5.92 Å². The van der Waals surface area contributed by atoms with Crippen molar-refractivity contribution in [3.8, 4) is 11.1 Å². The largest absolute Gasteiger partial charge is 0.449 e. The predicted octanol–water partition coefficient (Wildman–Crippen LogP) is 7.97. The summed E-state index contributed by atoms with van der Waals surface area (Å²) in [6.07, 6.45) is 0.274. The average Bonchev–Trinajstić information content (AvgIpc) is 3.50. The van der Waals surface area contributed by atoms with Crippen LogP contribution in [0.3, 0.4) is 0 Å². The molecule has 7 nitrogen and oxygen atoms in total. The third-order valence-corrected chi connectivity index (χ3v) is 8.91. The number of carbonyl (C=O) groups is 1. The summed E-state index contributed by atoms with van der Waals surface area (Å²) < 4.78 is 29.5. The van der Waals surface area contributed by atoms with Gasteiger partial charge in [0.25, 0.3) is 0 Å². The third kappa shape index (κ3) is 8.67. The molecule has 7 heteroatoms. The van der Waals surface area contributed by atoms with Crippen LogP contribution in [0.4, 0.5) is 4.79 Å². The summed E-state index contributed by atoms with van der Waals surface area (Å²) in [5, 5.41) is 2.83. The predicted molar refractivity (Wildman–Crippen MR) is 195 cm³/mol. The van der Waals surface area contributed by atoms with Gasteiger partial charge in [0.1, 0.15) is 12.2 Å². The highest BCUT2D eigenvalue weighted by atomic mass is 16.6. The number of fused-ring (bicyclic) bond motifs is 3. The highest BCUT2D eigenvalue weighted by Crippen LogP contribution is 2.44. The van der Waals surface area contributed by atoms with E-state index in [0.29, 0.717) is 65.8 Å². The summed E-state index contributed by atoms with van der Waals surface area (Å²) in [6, 6.07) is 47.6. The summed E-state index contributed by atoms with van der Waals surface area (Å²) >= 11 is 0. The Morgan fingerprint density at radius 3 is 1.44 bits per heavy atom. The minimum atomic E-state index is -0.758. The number of ether oxygens (including phenoxy) is 5. The van der Waals surface area contributed by atoms with Crippen LogP contribution in [0, 0.1) is 0 Å². The van der Waals surface area contributed by atoms with Gasteiger partial charge in [-0.1, -0.05) is 140 Å². The average molecular weight is 672 g/mol. The number of carbonyl (C=O) groups excluding carboxylic acids is 1. The first-order valence-electron chi connectivity index (χ1n) is 17.4. The van der Waals surface area contributed by atoms with Gasteiger partial charge < -0.3 is 29.0 Å². The molecule has 0 radical (unpaired) electrons. The van der Waals surface area contributed by atoms with E-state index in [1.807, 2.05) is 78.9 Å². The smallest absolute Gasteiger partial charge is 0.407 e. The molecule has 5 aromatic rings. The minimum absolute atomic E-state index is 0.0496. The quantitative estimate of drug-likeness (QED) is 0.0709. The van der Waals surface area contributed by atoms with Crippen molar-refractivity contribution in [3.05, 3.63) is 167 Å². The Bertz CT molecular complexity index is 1610. The first-order valence-corrected chi connectivity index (χ1v) is 17.4. The Balaban J connectivity index is 0.827. The van der Waals surface area contributed by atoms with Crippen molar-refractivity contribution in [3.63, 3.8) is 0 Å². The second-order valence-corrected chi connectivity index (χ2v) is 12.1. The van der Waals surface area contributed by atoms with Crippen LogP contribution < -0.4 is 5.32 Å². The highest BCUT2D eigenvalue weighted by Gasteiger charge is 2.37. The van der Waals surface area contributed by atoms with Crippen LogP contribution >= 0.6 is 0 Å². The fourth-order valence-corrected chi connectivity index (χ4v) is 6.58. The lowest BCUT2D eigenvalue weighted by Crippen LogP contribution is -2.34. The molecule has 0 heterocycles. The standard InChI is InChI=1S/C43H45NO6/c45-42(49-33-41-39-23-12-10-21-37(39)38-22-11-13-24-40(38)41)44-25-14-26-46-27-28-47-29-30-48-31-32-50-43(34-15-4-1-5-16-34,35-17-6-2-7-18-35)36-19-8-3-9-20-36/h1-13,15-24,41H,14,25-33H2,(H,44,45). The van der Waals surface area contributed by atoms with Crippen molar-refractivity contribution in [2.24, 2.45) is 0 Å². The molecule has 5 aromatic carbocycles. The second-order valence-electron chi connectivity index (χ2n) is 12.1. The molecule has 1 aliphatic carbocycles. The van der Waals surface area contributed by atoms with E-state index in [4.69, 9.17) is 23.7 Å². The lowest BCUT2D eigenvalue weighted by atomic mass is 9.80. The number of hydrogen-bond donors (Lipinski definition) is 1. The first-order chi connectivity index (χ1) is 24.8. The lowest BCUT2D eigenvalue weighted by Gasteiger charge is -2.36. The molecule has 0 spiro atoms. The molecule has 0 aliphatic heterocycles. The normalized spacial score (nSPS) is 12.3. The van der Waals surface area contributed by atoms with Gasteiger partial charge in [0.15, 0.2) is 0 Å². The first kappa shape index (κ1) is 35.1. The van der Waals surface area contributed by atoms with Crippen molar-refractivity contribution in [2.45, 2.75) is 17.9 Å². The highest BCUT2D eigenvalue weighted by molar-refractivity contribution is 5.79. The molecule has 1 amide bonds. The molecule has 0 bridgehead atoms. The molecular formula is C43H45NO6. The fraction of sp³-hybridized carbons (Fsp3) is 0.279. The summed E-state index contributed by atoms with van der Waals surface area (Å²) in [5.74, 6) is 0.0496. The lowest BCUT2D eigenvalue weighted by molar-refractivity contribution is -0.0368. The maximum absolute atomic E-state index is 12.4. The van der Waals surface area contributed by atoms with Gasteiger partial charge in [0, 0.05) is 19.1 Å². The van der Waals surface area contributed by atoms with Gasteiger partial charge in [0.2, 0.25) is 0 Å². The van der Waals surface area contributed by atoms with E-state index in [0.717, 1.165) is 16.7 Å². The Kier molecular flexibility index (Phi) is 12.8. The maximum atomic E-state index is 12.4. The van der Waals surface area contributed by atoms with Gasteiger partial charge in [-0.15, -0.1) is 0 Å². The molecule has 0 fully saturated rings. The van der Waals surface area contributed by atoms with Crippen LogP contribution in [-0.4, -0.2) is 65.5 Å². The number of hydrogen-bond acceptors (Lipinski definition) is 6. The summed E-state index contributed by atoms with van der Waals surface area (Å²) in [4.78, 5) is 12.4. The van der Waals surface area contributed by atoms with Crippen LogP contribution in [0.15, 0.2) is 140 Å². The van der Waals surface area contributed by atoms with E-state index in [1.54, 1.807) is 0 Å². The summed E-state index contributed by atoms with van der Waals surface area (Å²) in [7, 11) is 0. The molecule has 0 atom stereocenters. The van der Waals surface area contributed by atoms with Crippen LogP contribution in [0.1, 0.15) is 40.2 Å². The van der Waals surface area contributed by atoms with Gasteiger partial charge in [0.05, 0.1) is 39.6 Å². The van der Waals surface area contributed by atoms with Gasteiger partial charge >= 0.3 is 6.09 Å². The van der Waals surface area contributed by atoms with Gasteiger partial charge in [-0.3, -0.25) is 0 Å². The van der Waals surface area contributed by atoms with Crippen LogP contribution in [0.2, 0.25) is 0 Å². The van der Waals surface area contributed by atoms with Gasteiger partial charge in [-0.05, 0) is 45.4 Å². The third-order valence-electron chi connectivity index (χ3n) is 8.91. The number of amides is 1. The van der Waals surface area contributed by atoms with Crippen molar-refractivity contribution in [2.75, 3.05) is 59.4 Å². The molecule has 1 aliphatic rings. The Labute approximate surface area is 295 Å². The molecular weight excluding hydrogens is 626 g/mol. The van der Waals surface area contributed by atoms with E-state index < -0.39 is 11.7 Å². The van der Waals surface area contributed by atoms with Crippen molar-refractivity contribution < 1.29 is 28.5 Å². The summed E-state index contributed by atoms with van der Waals surface area (Å²) in [5.41, 5.74) is 7.26. The molecule has 6 rings (SSSR count). The maximum Gasteiger partial charge on any atom is 0.407 e. The SMILES string of the molecule is O=C(NCCCOCCOCCOCCOC(c1ccccc1)(c1ccccc1)c1ccccc1)OCC1c2ccccc2-c2ccccc21. The van der Waals surface area contributed by atoms with E-state index in [2.05, 4.69) is 66.0 Å². The zero-order valence-electron chi connectivity index (χ0n) is 28.4. The minimum Gasteiger partial charge on any atom is -0.449 e. The van der Waals surface area contributed by atoms with Crippen LogP contribution in [0.25, 0.3) is 11.1 Å². The van der Waals surface area contributed by atoms with Crippen molar-refractivity contribution in [1.29, 1.82) is 0 Å². The molecule has 0 saturated heterocycles. The van der Waals surface area contributed by atoms with Crippen molar-refractivity contribution >= 4 is 6.09 Å². The zero-order valence-corrected chi connectivity index (χ0v) is 28.4. The number of alkyl carbamates (subject to hydrolysis) is 1. The topological polar surface area (TPSA) is 75.3 Å². The van der Waals surface area contributed by atoms with E-state index >= 15 is 0 Å². The molecule has 0 aromatic heterocycles. The zero-order chi connectivity index (χ0) is 34.3. The fourth-order valence-electron chi connectivity index (χ4n) is 6.58. The molecule has 258 valence electrons. The van der Waals surface area contributed by atoms with Crippen LogP contribution in [-0.2, 0) is 29.3 Å². The van der Waals surface area contributed by atoms with Gasteiger partial charge in [-0.25, -0.2) is 4.79 Å². The molecule has 0 saturated carbocycles. The Hall–Kier alpha value is -4.79. The number of nitrogens with one attached hydrogen (secondary N) is 1. The number of benzene rings is 5. The van der Waals surface area contributed by atoms with Crippen LogP contribution in [0.5, 0.6) is 0 Å².